The van der Waals surface area contributed by atoms with Crippen LogP contribution in [-0.4, -0.2) is 17.5 Å². The first kappa shape index (κ1) is 9.52. The molecule has 0 unspecified atom stereocenters. The fourth-order valence-electron chi connectivity index (χ4n) is 1.52. The molecule has 15 heavy (non-hydrogen) atoms. The van der Waals surface area contributed by atoms with E-state index in [0.717, 1.165) is 5.69 Å². The highest BCUT2D eigenvalue weighted by Gasteiger charge is 2.09. The molecule has 3 heteroatoms. The van der Waals surface area contributed by atoms with Crippen molar-refractivity contribution in [2.24, 2.45) is 0 Å². The van der Waals surface area contributed by atoms with Crippen LogP contribution in [-0.2, 0) is 0 Å². The predicted octanol–water partition coefficient (Wildman–Crippen LogP) is 1.84. The summed E-state index contributed by atoms with van der Waals surface area (Å²) in [6.45, 7) is 0. The SMILES string of the molecule is CNC(=O)c1ccccc1-n1cccc1. The summed E-state index contributed by atoms with van der Waals surface area (Å²) in [5, 5.41) is 2.63. The fourth-order valence-corrected chi connectivity index (χ4v) is 1.52. The third-order valence-electron chi connectivity index (χ3n) is 2.26. The number of nitrogens with zero attached hydrogens (tertiary/aromatic N) is 1. The van der Waals surface area contributed by atoms with E-state index in [2.05, 4.69) is 5.32 Å². The first-order valence-electron chi connectivity index (χ1n) is 4.77. The second-order valence-corrected chi connectivity index (χ2v) is 3.19. The Kier molecular flexibility index (Phi) is 2.54. The smallest absolute Gasteiger partial charge is 0.253 e. The summed E-state index contributed by atoms with van der Waals surface area (Å²) in [7, 11) is 1.63. The molecule has 76 valence electrons. The van der Waals surface area contributed by atoms with Crippen molar-refractivity contribution < 1.29 is 4.79 Å². The maximum Gasteiger partial charge on any atom is 0.253 e. The number of carbonyl (C=O) groups is 1. The molecule has 0 saturated heterocycles. The van der Waals surface area contributed by atoms with E-state index in [4.69, 9.17) is 0 Å². The number of para-hydroxylation sites is 1. The van der Waals surface area contributed by atoms with E-state index in [1.54, 1.807) is 7.05 Å². The van der Waals surface area contributed by atoms with Crippen LogP contribution in [0.3, 0.4) is 0 Å². The van der Waals surface area contributed by atoms with E-state index in [1.165, 1.54) is 0 Å². The van der Waals surface area contributed by atoms with Crippen molar-refractivity contribution in [1.82, 2.24) is 9.88 Å². The number of hydrogen-bond donors (Lipinski definition) is 1. The molecule has 0 fully saturated rings. The van der Waals surface area contributed by atoms with Gasteiger partial charge >= 0.3 is 0 Å². The van der Waals surface area contributed by atoms with Crippen molar-refractivity contribution in [3.05, 3.63) is 54.4 Å². The van der Waals surface area contributed by atoms with E-state index in [0.29, 0.717) is 5.56 Å². The van der Waals surface area contributed by atoms with Gasteiger partial charge in [0.15, 0.2) is 0 Å². The standard InChI is InChI=1S/C12H12N2O/c1-13-12(15)10-6-2-3-7-11(10)14-8-4-5-9-14/h2-9H,1H3,(H,13,15). The van der Waals surface area contributed by atoms with Gasteiger partial charge in [0, 0.05) is 19.4 Å². The number of benzene rings is 1. The van der Waals surface area contributed by atoms with Gasteiger partial charge in [-0.3, -0.25) is 4.79 Å². The van der Waals surface area contributed by atoms with E-state index in [9.17, 15) is 4.79 Å². The molecular weight excluding hydrogens is 188 g/mol. The van der Waals surface area contributed by atoms with Crippen molar-refractivity contribution in [2.75, 3.05) is 7.05 Å². The Morgan fingerprint density at radius 3 is 2.47 bits per heavy atom. The van der Waals surface area contributed by atoms with Crippen LogP contribution in [0.5, 0.6) is 0 Å². The third kappa shape index (κ3) is 1.76. The Morgan fingerprint density at radius 1 is 1.13 bits per heavy atom. The molecule has 0 radical (unpaired) electrons. The van der Waals surface area contributed by atoms with Crippen LogP contribution >= 0.6 is 0 Å². The lowest BCUT2D eigenvalue weighted by Crippen LogP contribution is -2.19. The van der Waals surface area contributed by atoms with Crippen LogP contribution in [0.1, 0.15) is 10.4 Å². The second kappa shape index (κ2) is 4.00. The van der Waals surface area contributed by atoms with Crippen molar-refractivity contribution in [3.8, 4) is 5.69 Å². The molecule has 0 saturated carbocycles. The first-order chi connectivity index (χ1) is 7.33. The lowest BCUT2D eigenvalue weighted by Gasteiger charge is -2.08. The molecule has 0 aliphatic carbocycles. The summed E-state index contributed by atoms with van der Waals surface area (Å²) in [5.74, 6) is -0.0701. The van der Waals surface area contributed by atoms with Crippen molar-refractivity contribution in [2.45, 2.75) is 0 Å². The van der Waals surface area contributed by atoms with Crippen LogP contribution in [0.2, 0.25) is 0 Å². The molecule has 0 aliphatic rings. The highest BCUT2D eigenvalue weighted by molar-refractivity contribution is 5.97. The summed E-state index contributed by atoms with van der Waals surface area (Å²) in [4.78, 5) is 11.6. The van der Waals surface area contributed by atoms with Crippen molar-refractivity contribution in [1.29, 1.82) is 0 Å². The second-order valence-electron chi connectivity index (χ2n) is 3.19. The molecule has 0 aliphatic heterocycles. The Balaban J connectivity index is 2.52. The average molecular weight is 200 g/mol. The van der Waals surface area contributed by atoms with Crippen LogP contribution in [0.25, 0.3) is 5.69 Å². The number of rotatable bonds is 2. The average Bonchev–Trinajstić information content (AvgIpc) is 2.81. The first-order valence-corrected chi connectivity index (χ1v) is 4.77. The van der Waals surface area contributed by atoms with Gasteiger partial charge in [-0.15, -0.1) is 0 Å². The summed E-state index contributed by atoms with van der Waals surface area (Å²) in [6.07, 6.45) is 3.84. The molecule has 2 rings (SSSR count). The zero-order valence-corrected chi connectivity index (χ0v) is 8.47. The van der Waals surface area contributed by atoms with E-state index in [-0.39, 0.29) is 5.91 Å². The van der Waals surface area contributed by atoms with Crippen LogP contribution in [0.4, 0.5) is 0 Å². The molecule has 2 aromatic rings. The molecular formula is C12H12N2O. The largest absolute Gasteiger partial charge is 0.355 e. The van der Waals surface area contributed by atoms with Gasteiger partial charge in [-0.2, -0.15) is 0 Å². The van der Waals surface area contributed by atoms with Gasteiger partial charge < -0.3 is 9.88 Å². The van der Waals surface area contributed by atoms with Crippen molar-refractivity contribution >= 4 is 5.91 Å². The minimum atomic E-state index is -0.0701. The molecule has 3 nitrogen and oxygen atoms in total. The normalized spacial score (nSPS) is 9.93. The molecule has 1 amide bonds. The maximum atomic E-state index is 11.6. The van der Waals surface area contributed by atoms with Gasteiger partial charge in [0.25, 0.3) is 5.91 Å². The summed E-state index contributed by atoms with van der Waals surface area (Å²) in [5.41, 5.74) is 1.57. The zero-order valence-electron chi connectivity index (χ0n) is 8.47. The zero-order chi connectivity index (χ0) is 10.7. The lowest BCUT2D eigenvalue weighted by molar-refractivity contribution is 0.0963. The monoisotopic (exact) mass is 200 g/mol. The van der Waals surface area contributed by atoms with E-state index >= 15 is 0 Å². The fraction of sp³-hybridized carbons (Fsp3) is 0.0833. The van der Waals surface area contributed by atoms with Crippen LogP contribution < -0.4 is 5.32 Å². The Hall–Kier alpha value is -2.03. The van der Waals surface area contributed by atoms with Gasteiger partial charge in [-0.25, -0.2) is 0 Å². The van der Waals surface area contributed by atoms with Gasteiger partial charge in [-0.05, 0) is 24.3 Å². The Morgan fingerprint density at radius 2 is 1.80 bits per heavy atom. The quantitative estimate of drug-likeness (QED) is 0.788. The van der Waals surface area contributed by atoms with Gasteiger partial charge in [0.05, 0.1) is 11.3 Å². The molecule has 1 aromatic carbocycles. The lowest BCUT2D eigenvalue weighted by atomic mass is 10.1. The van der Waals surface area contributed by atoms with E-state index < -0.39 is 0 Å². The maximum absolute atomic E-state index is 11.6. The van der Waals surface area contributed by atoms with Crippen molar-refractivity contribution in [3.63, 3.8) is 0 Å². The van der Waals surface area contributed by atoms with E-state index in [1.807, 2.05) is 53.4 Å². The topological polar surface area (TPSA) is 34.0 Å². The van der Waals surface area contributed by atoms with Crippen LogP contribution in [0.15, 0.2) is 48.8 Å². The number of nitrogens with one attached hydrogen (secondary N) is 1. The molecule has 0 spiro atoms. The molecule has 1 heterocycles. The number of carbonyl (C=O) groups excluding carboxylic acids is 1. The minimum Gasteiger partial charge on any atom is -0.355 e. The predicted molar refractivity (Wildman–Crippen MR) is 59.2 cm³/mol. The highest BCUT2D eigenvalue weighted by Crippen LogP contribution is 2.14. The molecule has 0 bridgehead atoms. The Bertz CT molecular complexity index is 460. The third-order valence-corrected chi connectivity index (χ3v) is 2.26. The van der Waals surface area contributed by atoms with Gasteiger partial charge in [-0.1, -0.05) is 12.1 Å². The minimum absolute atomic E-state index is 0.0701. The van der Waals surface area contributed by atoms with Crippen LogP contribution in [0, 0.1) is 0 Å². The van der Waals surface area contributed by atoms with Gasteiger partial charge in [0.1, 0.15) is 0 Å². The molecule has 0 atom stereocenters. The van der Waals surface area contributed by atoms with Gasteiger partial charge in [0.2, 0.25) is 0 Å². The summed E-state index contributed by atoms with van der Waals surface area (Å²) < 4.78 is 1.92. The Labute approximate surface area is 88.3 Å². The number of aromatic nitrogens is 1. The summed E-state index contributed by atoms with van der Waals surface area (Å²) in [6, 6.07) is 11.4. The number of amides is 1. The molecule has 1 N–H and O–H groups in total. The number of hydrogen-bond acceptors (Lipinski definition) is 1. The molecule has 1 aromatic heterocycles. The highest BCUT2D eigenvalue weighted by atomic mass is 16.1. The summed E-state index contributed by atoms with van der Waals surface area (Å²) >= 11 is 0.